The van der Waals surface area contributed by atoms with Gasteiger partial charge in [0.05, 0.1) is 0 Å². The number of nitrogens with zero attached hydrogens (tertiary/aromatic N) is 4. The first-order valence-electron chi connectivity index (χ1n) is 8.66. The highest BCUT2D eigenvalue weighted by atomic mass is 35.5. The van der Waals surface area contributed by atoms with Gasteiger partial charge in [-0.25, -0.2) is 4.98 Å². The summed E-state index contributed by atoms with van der Waals surface area (Å²) >= 11 is 0. The molecule has 2 heterocycles. The minimum atomic E-state index is -0.111. The number of hydrogen-bond donors (Lipinski definition) is 1. The van der Waals surface area contributed by atoms with Crippen molar-refractivity contribution in [2.75, 3.05) is 13.6 Å². The van der Waals surface area contributed by atoms with E-state index in [-0.39, 0.29) is 29.3 Å². The molecule has 5 rings (SSSR count). The molecule has 2 N–H and O–H groups in total. The molecule has 3 saturated carbocycles. The zero-order chi connectivity index (χ0) is 17.8. The van der Waals surface area contributed by atoms with Crippen molar-refractivity contribution in [3.63, 3.8) is 0 Å². The SMILES string of the molecule is CC(C)CN(C)C(=O)c1cccc(-c2nc(C34CC(N)(C3)C4)no2)n1.Cl. The average molecular weight is 378 g/mol. The van der Waals surface area contributed by atoms with Crippen LogP contribution in [-0.2, 0) is 5.41 Å². The van der Waals surface area contributed by atoms with Crippen LogP contribution >= 0.6 is 12.4 Å². The van der Waals surface area contributed by atoms with Gasteiger partial charge in [0.2, 0.25) is 0 Å². The first-order chi connectivity index (χ1) is 11.8. The smallest absolute Gasteiger partial charge is 0.276 e. The Labute approximate surface area is 158 Å². The van der Waals surface area contributed by atoms with Crippen molar-refractivity contribution in [1.29, 1.82) is 0 Å². The Balaban J connectivity index is 0.00000196. The van der Waals surface area contributed by atoms with Crippen molar-refractivity contribution in [3.8, 4) is 11.6 Å². The van der Waals surface area contributed by atoms with Crippen LogP contribution in [0.5, 0.6) is 0 Å². The molecule has 26 heavy (non-hydrogen) atoms. The summed E-state index contributed by atoms with van der Waals surface area (Å²) in [7, 11) is 1.78. The van der Waals surface area contributed by atoms with Crippen LogP contribution in [0.4, 0.5) is 0 Å². The summed E-state index contributed by atoms with van der Waals surface area (Å²) in [5, 5.41) is 4.13. The molecule has 0 radical (unpaired) electrons. The third kappa shape index (κ3) is 2.99. The number of aromatic nitrogens is 3. The molecule has 0 spiro atoms. The zero-order valence-corrected chi connectivity index (χ0v) is 16.0. The third-order valence-electron chi connectivity index (χ3n) is 5.14. The van der Waals surface area contributed by atoms with Gasteiger partial charge in [-0.15, -0.1) is 12.4 Å². The lowest BCUT2D eigenvalue weighted by Crippen LogP contribution is -2.74. The number of rotatable bonds is 5. The molecule has 1 amide bonds. The molecule has 2 aromatic heterocycles. The maximum absolute atomic E-state index is 12.5. The summed E-state index contributed by atoms with van der Waals surface area (Å²) in [5.74, 6) is 1.35. The molecule has 3 aliphatic rings. The van der Waals surface area contributed by atoms with Crippen LogP contribution in [-0.4, -0.2) is 45.1 Å². The Morgan fingerprint density at radius 2 is 2.00 bits per heavy atom. The third-order valence-corrected chi connectivity index (χ3v) is 5.14. The van der Waals surface area contributed by atoms with E-state index >= 15 is 0 Å². The summed E-state index contributed by atoms with van der Waals surface area (Å²) in [6, 6.07) is 5.28. The first-order valence-corrected chi connectivity index (χ1v) is 8.66. The predicted molar refractivity (Wildman–Crippen MR) is 99.0 cm³/mol. The highest BCUT2D eigenvalue weighted by Gasteiger charge is 2.68. The van der Waals surface area contributed by atoms with Gasteiger partial charge < -0.3 is 15.2 Å². The van der Waals surface area contributed by atoms with Crippen molar-refractivity contribution in [2.45, 2.75) is 44.1 Å². The predicted octanol–water partition coefficient (Wildman–Crippen LogP) is 2.41. The molecule has 0 aromatic carbocycles. The van der Waals surface area contributed by atoms with Crippen LogP contribution in [0.15, 0.2) is 22.7 Å². The van der Waals surface area contributed by atoms with Crippen LogP contribution in [0, 0.1) is 5.92 Å². The van der Waals surface area contributed by atoms with Crippen LogP contribution in [0.2, 0.25) is 0 Å². The fraction of sp³-hybridized carbons (Fsp3) is 0.556. The van der Waals surface area contributed by atoms with Crippen LogP contribution in [0.25, 0.3) is 11.6 Å². The van der Waals surface area contributed by atoms with Gasteiger partial charge in [0.15, 0.2) is 5.82 Å². The number of halogens is 1. The molecule has 2 bridgehead atoms. The largest absolute Gasteiger partial charge is 0.340 e. The quantitative estimate of drug-likeness (QED) is 0.859. The van der Waals surface area contributed by atoms with Gasteiger partial charge in [0.1, 0.15) is 11.4 Å². The maximum Gasteiger partial charge on any atom is 0.276 e. The molecule has 7 nitrogen and oxygen atoms in total. The molecule has 3 aliphatic carbocycles. The van der Waals surface area contributed by atoms with Gasteiger partial charge in [-0.05, 0) is 37.3 Å². The van der Waals surface area contributed by atoms with Crippen molar-refractivity contribution in [2.24, 2.45) is 11.7 Å². The van der Waals surface area contributed by atoms with E-state index in [2.05, 4.69) is 29.0 Å². The summed E-state index contributed by atoms with van der Waals surface area (Å²) in [6.45, 7) is 4.83. The van der Waals surface area contributed by atoms with Crippen LogP contribution in [0.3, 0.4) is 0 Å². The number of nitrogens with two attached hydrogens (primary N) is 1. The zero-order valence-electron chi connectivity index (χ0n) is 15.2. The average Bonchev–Trinajstić information content (AvgIpc) is 2.99. The van der Waals surface area contributed by atoms with E-state index in [1.54, 1.807) is 30.1 Å². The summed E-state index contributed by atoms with van der Waals surface area (Å²) in [4.78, 5) is 23.1. The molecule has 0 saturated heterocycles. The molecule has 8 heteroatoms. The number of hydrogen-bond acceptors (Lipinski definition) is 6. The first kappa shape index (κ1) is 18.8. The normalized spacial score (nSPS) is 25.9. The van der Waals surface area contributed by atoms with E-state index in [0.717, 1.165) is 19.3 Å². The number of carbonyl (C=O) groups excluding carboxylic acids is 1. The Kier molecular flexibility index (Phi) is 4.56. The summed E-state index contributed by atoms with van der Waals surface area (Å²) in [5.41, 5.74) is 7.00. The van der Waals surface area contributed by atoms with E-state index in [9.17, 15) is 4.79 Å². The molecule has 0 aliphatic heterocycles. The van der Waals surface area contributed by atoms with Gasteiger partial charge in [-0.1, -0.05) is 25.1 Å². The Morgan fingerprint density at radius 3 is 2.62 bits per heavy atom. The maximum atomic E-state index is 12.5. The van der Waals surface area contributed by atoms with Gasteiger partial charge in [0, 0.05) is 24.5 Å². The van der Waals surface area contributed by atoms with E-state index in [0.29, 0.717) is 35.6 Å². The van der Waals surface area contributed by atoms with E-state index < -0.39 is 0 Å². The van der Waals surface area contributed by atoms with Crippen molar-refractivity contribution in [1.82, 2.24) is 20.0 Å². The number of carbonyl (C=O) groups is 1. The van der Waals surface area contributed by atoms with Gasteiger partial charge in [0.25, 0.3) is 11.8 Å². The molecule has 140 valence electrons. The standard InChI is InChI=1S/C18H23N5O2.ClH/c1-11(2)7-23(3)15(24)13-6-4-5-12(20-13)14-21-16(22-25-14)17-8-18(19,9-17)10-17;/h4-6,11H,7-10,19H2,1-3H3;1H. The topological polar surface area (TPSA) is 98.1 Å². The minimum absolute atomic E-state index is 0. The molecule has 2 aromatic rings. The fourth-order valence-electron chi connectivity index (χ4n) is 4.15. The number of pyridine rings is 1. The second-order valence-electron chi connectivity index (χ2n) is 8.08. The lowest BCUT2D eigenvalue weighted by atomic mass is 9.39. The van der Waals surface area contributed by atoms with E-state index in [4.69, 9.17) is 10.3 Å². The highest BCUT2D eigenvalue weighted by molar-refractivity contribution is 5.92. The van der Waals surface area contributed by atoms with Gasteiger partial charge in [-0.3, -0.25) is 4.79 Å². The lowest BCUT2D eigenvalue weighted by Gasteiger charge is -2.67. The fourth-order valence-corrected chi connectivity index (χ4v) is 4.15. The highest BCUT2D eigenvalue weighted by Crippen LogP contribution is 2.65. The molecule has 0 unspecified atom stereocenters. The molecule has 0 atom stereocenters. The molecular weight excluding hydrogens is 354 g/mol. The lowest BCUT2D eigenvalue weighted by molar-refractivity contribution is -0.0664. The Hall–Kier alpha value is -1.99. The van der Waals surface area contributed by atoms with Crippen LogP contribution in [0.1, 0.15) is 49.4 Å². The molecular formula is C18H24ClN5O2. The Morgan fingerprint density at radius 1 is 1.31 bits per heavy atom. The van der Waals surface area contributed by atoms with Gasteiger partial charge in [-0.2, -0.15) is 4.98 Å². The Bertz CT molecular complexity index is 815. The second kappa shape index (κ2) is 6.32. The van der Waals surface area contributed by atoms with Crippen LogP contribution < -0.4 is 5.73 Å². The van der Waals surface area contributed by atoms with Gasteiger partial charge >= 0.3 is 0 Å². The van der Waals surface area contributed by atoms with Crippen molar-refractivity contribution < 1.29 is 9.32 Å². The van der Waals surface area contributed by atoms with E-state index in [1.165, 1.54) is 0 Å². The summed E-state index contributed by atoms with van der Waals surface area (Å²) in [6.07, 6.45) is 2.76. The monoisotopic (exact) mass is 377 g/mol. The number of amides is 1. The second-order valence-corrected chi connectivity index (χ2v) is 8.08. The van der Waals surface area contributed by atoms with E-state index in [1.807, 2.05) is 0 Å². The molecule has 3 fully saturated rings. The minimum Gasteiger partial charge on any atom is -0.340 e. The summed E-state index contributed by atoms with van der Waals surface area (Å²) < 4.78 is 5.40. The van der Waals surface area contributed by atoms with Crippen molar-refractivity contribution >= 4 is 18.3 Å². The van der Waals surface area contributed by atoms with Crippen molar-refractivity contribution in [3.05, 3.63) is 29.7 Å².